The number of nitrogens with one attached hydrogen (secondary N) is 1. The van der Waals surface area contributed by atoms with Crippen molar-refractivity contribution in [1.29, 1.82) is 0 Å². The Morgan fingerprint density at radius 2 is 1.30 bits per heavy atom. The van der Waals surface area contributed by atoms with E-state index in [1.165, 1.54) is 83.1 Å². The number of hydrogen-bond acceptors (Lipinski definition) is 11. The molecule has 0 aliphatic carbocycles. The molecule has 7 N–H and O–H groups in total. The van der Waals surface area contributed by atoms with Crippen LogP contribution < -0.4 is 5.32 Å². The Balaban J connectivity index is 2.70. The SMILES string of the molecule is CCCCCCCCC/C=C/C(O)C(COC1OC(CO)C(O)C(OS(=O)(=O)O)C1O)NC(=O)C(O)CCCCCCCCCCCCCC. The second-order valence-electron chi connectivity index (χ2n) is 13.7. The predicted molar refractivity (Wildman–Crippen MR) is 192 cm³/mol. The molecule has 8 atom stereocenters. The molecule has 1 aliphatic heterocycles. The average Bonchev–Trinajstić information content (AvgIpc) is 3.08. The number of carbonyl (C=O) groups excluding carboxylic acids is 1. The quantitative estimate of drug-likeness (QED) is 0.0295. The van der Waals surface area contributed by atoms with Crippen molar-refractivity contribution >= 4 is 16.3 Å². The van der Waals surface area contributed by atoms with Crippen molar-refractivity contribution < 1.29 is 57.0 Å². The first-order chi connectivity index (χ1) is 23.9. The van der Waals surface area contributed by atoms with Crippen molar-refractivity contribution in [1.82, 2.24) is 5.32 Å². The monoisotopic (exact) mass is 739 g/mol. The zero-order chi connectivity index (χ0) is 37.2. The van der Waals surface area contributed by atoms with Gasteiger partial charge in [-0.25, -0.2) is 4.18 Å². The minimum atomic E-state index is -5.11. The van der Waals surface area contributed by atoms with Gasteiger partial charge in [-0.2, -0.15) is 8.42 Å². The summed E-state index contributed by atoms with van der Waals surface area (Å²) in [5.41, 5.74) is 0. The van der Waals surface area contributed by atoms with E-state index < -0.39 is 78.5 Å². The van der Waals surface area contributed by atoms with Crippen LogP contribution in [0.1, 0.15) is 149 Å². The van der Waals surface area contributed by atoms with E-state index in [0.717, 1.165) is 38.5 Å². The molecule has 1 heterocycles. The van der Waals surface area contributed by atoms with E-state index in [4.69, 9.17) is 14.0 Å². The molecule has 296 valence electrons. The predicted octanol–water partition coefficient (Wildman–Crippen LogP) is 4.62. The molecule has 0 saturated carbocycles. The topological polar surface area (TPSA) is 212 Å². The number of unbranched alkanes of at least 4 members (excludes halogenated alkanes) is 18. The highest BCUT2D eigenvalue weighted by Gasteiger charge is 2.48. The van der Waals surface area contributed by atoms with Gasteiger partial charge in [0.05, 0.1) is 25.4 Å². The van der Waals surface area contributed by atoms with Crippen molar-refractivity contribution in [3.8, 4) is 0 Å². The van der Waals surface area contributed by atoms with Gasteiger partial charge in [0.1, 0.15) is 30.5 Å². The summed E-state index contributed by atoms with van der Waals surface area (Å²) in [6.07, 6.45) is 14.7. The maximum absolute atomic E-state index is 13.0. The highest BCUT2D eigenvalue weighted by molar-refractivity contribution is 7.80. The van der Waals surface area contributed by atoms with Crippen LogP contribution in [0.2, 0.25) is 0 Å². The smallest absolute Gasteiger partial charge is 0.394 e. The molecular formula is C36H69NO12S. The molecule has 14 heteroatoms. The fourth-order valence-corrected chi connectivity index (χ4v) is 6.56. The lowest BCUT2D eigenvalue weighted by molar-refractivity contribution is -0.298. The number of amides is 1. The number of allylic oxidation sites excluding steroid dienone is 1. The lowest BCUT2D eigenvalue weighted by Gasteiger charge is -2.41. The van der Waals surface area contributed by atoms with Gasteiger partial charge in [0.25, 0.3) is 0 Å². The van der Waals surface area contributed by atoms with Crippen LogP contribution in [0.5, 0.6) is 0 Å². The number of aliphatic hydroxyl groups is 5. The van der Waals surface area contributed by atoms with Gasteiger partial charge in [0.2, 0.25) is 5.91 Å². The van der Waals surface area contributed by atoms with Gasteiger partial charge in [0.15, 0.2) is 6.29 Å². The first kappa shape index (κ1) is 46.8. The highest BCUT2D eigenvalue weighted by Crippen LogP contribution is 2.26. The molecule has 13 nitrogen and oxygen atoms in total. The molecule has 1 rings (SSSR count). The van der Waals surface area contributed by atoms with Crippen LogP contribution in [0.4, 0.5) is 0 Å². The molecule has 0 spiro atoms. The summed E-state index contributed by atoms with van der Waals surface area (Å²) in [6.45, 7) is 3.13. The molecule has 0 aromatic carbocycles. The first-order valence-electron chi connectivity index (χ1n) is 19.2. The van der Waals surface area contributed by atoms with Gasteiger partial charge >= 0.3 is 10.4 Å². The number of carbonyl (C=O) groups is 1. The maximum atomic E-state index is 13.0. The van der Waals surface area contributed by atoms with E-state index in [1.54, 1.807) is 6.08 Å². The molecule has 1 amide bonds. The van der Waals surface area contributed by atoms with Crippen LogP contribution in [0.25, 0.3) is 0 Å². The van der Waals surface area contributed by atoms with Gasteiger partial charge in [-0.05, 0) is 19.3 Å². The molecule has 8 unspecified atom stereocenters. The Morgan fingerprint density at radius 1 is 0.800 bits per heavy atom. The fraction of sp³-hybridized carbons (Fsp3) is 0.917. The van der Waals surface area contributed by atoms with E-state index in [-0.39, 0.29) is 6.42 Å². The molecule has 0 aromatic rings. The van der Waals surface area contributed by atoms with Gasteiger partial charge in [0, 0.05) is 0 Å². The maximum Gasteiger partial charge on any atom is 0.397 e. The summed E-state index contributed by atoms with van der Waals surface area (Å²) in [6, 6.07) is -1.11. The van der Waals surface area contributed by atoms with E-state index in [0.29, 0.717) is 12.8 Å². The number of rotatable bonds is 31. The van der Waals surface area contributed by atoms with Crippen molar-refractivity contribution in [3.05, 3.63) is 12.2 Å². The van der Waals surface area contributed by atoms with E-state index in [1.807, 2.05) is 0 Å². The summed E-state index contributed by atoms with van der Waals surface area (Å²) in [7, 11) is -5.11. The number of hydrogen-bond donors (Lipinski definition) is 7. The first-order valence-corrected chi connectivity index (χ1v) is 20.5. The van der Waals surface area contributed by atoms with Gasteiger partial charge in [-0.15, -0.1) is 0 Å². The summed E-state index contributed by atoms with van der Waals surface area (Å²) in [5.74, 6) is -0.706. The minimum absolute atomic E-state index is 0.246. The summed E-state index contributed by atoms with van der Waals surface area (Å²) >= 11 is 0. The van der Waals surface area contributed by atoms with Crippen LogP contribution in [-0.2, 0) is 28.9 Å². The van der Waals surface area contributed by atoms with E-state index in [2.05, 4.69) is 23.3 Å². The van der Waals surface area contributed by atoms with Gasteiger partial charge < -0.3 is 40.3 Å². The lowest BCUT2D eigenvalue weighted by Crippen LogP contribution is -2.61. The Kier molecular flexibility index (Phi) is 26.5. The van der Waals surface area contributed by atoms with Crippen LogP contribution in [-0.4, -0.2) is 107 Å². The van der Waals surface area contributed by atoms with Gasteiger partial charge in [-0.1, -0.05) is 142 Å². The third-order valence-corrected chi connectivity index (χ3v) is 9.64. The highest BCUT2D eigenvalue weighted by atomic mass is 32.3. The molecule has 0 aromatic heterocycles. The third-order valence-electron chi connectivity index (χ3n) is 9.18. The Morgan fingerprint density at radius 3 is 1.80 bits per heavy atom. The van der Waals surface area contributed by atoms with E-state index >= 15 is 0 Å². The fourth-order valence-electron chi connectivity index (χ4n) is 6.05. The Hall–Kier alpha value is -1.20. The summed E-state index contributed by atoms with van der Waals surface area (Å²) < 4.78 is 47.2. The van der Waals surface area contributed by atoms with E-state index in [9.17, 15) is 38.7 Å². The van der Waals surface area contributed by atoms with Crippen LogP contribution in [0, 0.1) is 0 Å². The van der Waals surface area contributed by atoms with Gasteiger partial charge in [-0.3, -0.25) is 9.35 Å². The van der Waals surface area contributed by atoms with Crippen molar-refractivity contribution in [2.45, 2.75) is 198 Å². The zero-order valence-electron chi connectivity index (χ0n) is 30.6. The lowest BCUT2D eigenvalue weighted by atomic mass is 9.99. The third kappa shape index (κ3) is 21.4. The number of aliphatic hydroxyl groups excluding tert-OH is 5. The average molecular weight is 740 g/mol. The molecular weight excluding hydrogens is 670 g/mol. The van der Waals surface area contributed by atoms with Crippen LogP contribution in [0.3, 0.4) is 0 Å². The van der Waals surface area contributed by atoms with Crippen molar-refractivity contribution in [2.24, 2.45) is 0 Å². The molecule has 0 bridgehead atoms. The van der Waals surface area contributed by atoms with Crippen molar-refractivity contribution in [3.63, 3.8) is 0 Å². The molecule has 0 radical (unpaired) electrons. The summed E-state index contributed by atoms with van der Waals surface area (Å²) in [5, 5.41) is 54.7. The molecule has 1 saturated heterocycles. The summed E-state index contributed by atoms with van der Waals surface area (Å²) in [4.78, 5) is 13.0. The molecule has 50 heavy (non-hydrogen) atoms. The Bertz CT molecular complexity index is 984. The van der Waals surface area contributed by atoms with Crippen LogP contribution in [0.15, 0.2) is 12.2 Å². The second-order valence-corrected chi connectivity index (χ2v) is 14.7. The van der Waals surface area contributed by atoms with Crippen LogP contribution >= 0.6 is 0 Å². The normalized spacial score (nSPS) is 23.2. The second kappa shape index (κ2) is 28.3. The number of ether oxygens (including phenoxy) is 2. The molecule has 1 aliphatic rings. The minimum Gasteiger partial charge on any atom is -0.394 e. The molecule has 1 fully saturated rings. The van der Waals surface area contributed by atoms with Crippen molar-refractivity contribution in [2.75, 3.05) is 13.2 Å². The Labute approximate surface area is 301 Å². The largest absolute Gasteiger partial charge is 0.397 e. The zero-order valence-corrected chi connectivity index (χ0v) is 31.4. The standard InChI is InChI=1S/C36H69NO12S/c1-3-5-7-9-11-13-14-15-17-19-21-23-25-30(40)35(43)37-28(29(39)24-22-20-18-16-12-10-8-6-4-2)27-47-36-33(42)34(49-50(44,45)46)32(41)31(26-38)48-36/h22,24,28-34,36,38-42H,3-21,23,25-27H2,1-2H3,(H,37,43)(H,44,45,46)/b24-22+.